The minimum absolute atomic E-state index is 0.136. The minimum Gasteiger partial charge on any atom is -0.447 e. The van der Waals surface area contributed by atoms with Gasteiger partial charge in [0.2, 0.25) is 0 Å². The van der Waals surface area contributed by atoms with E-state index >= 15 is 0 Å². The summed E-state index contributed by atoms with van der Waals surface area (Å²) in [5, 5.41) is 3.04. The summed E-state index contributed by atoms with van der Waals surface area (Å²) in [5.74, 6) is 7.10. The highest BCUT2D eigenvalue weighted by Crippen LogP contribution is 2.43. The number of benzene rings is 1. The summed E-state index contributed by atoms with van der Waals surface area (Å²) >= 11 is 0. The lowest BCUT2D eigenvalue weighted by molar-refractivity contribution is 0.172. The highest BCUT2D eigenvalue weighted by Gasteiger charge is 2.45. The number of amides is 1. The first-order valence-corrected chi connectivity index (χ1v) is 9.94. The van der Waals surface area contributed by atoms with Gasteiger partial charge in [-0.15, -0.1) is 0 Å². The fourth-order valence-corrected chi connectivity index (χ4v) is 4.49. The van der Waals surface area contributed by atoms with Gasteiger partial charge in [-0.1, -0.05) is 30.0 Å². The van der Waals surface area contributed by atoms with E-state index in [2.05, 4.69) is 41.4 Å². The standard InChI is InChI=1S/C23H27NO3/c1-26-12-4-2-3-5-17-6-7-19-14-20(9-8-18(19)13-17)21-10-11-23(15-21)16-27-22(25)24-23/h8-9,13-14,21H,2,4,6-7,10-12,15-16H2,1H3,(H,24,25)/t21-,23?/m0/s1. The first-order valence-electron chi connectivity index (χ1n) is 9.94. The van der Waals surface area contributed by atoms with E-state index < -0.39 is 0 Å². The Labute approximate surface area is 161 Å². The molecule has 1 N–H and O–H groups in total. The number of alkyl carbamates (subject to hydrolysis) is 1. The van der Waals surface area contributed by atoms with Crippen LogP contribution in [-0.2, 0) is 15.9 Å². The molecule has 1 aromatic rings. The van der Waals surface area contributed by atoms with E-state index in [0.717, 1.165) is 51.6 Å². The number of hydrogen-bond donors (Lipinski definition) is 1. The van der Waals surface area contributed by atoms with Crippen LogP contribution in [0.5, 0.6) is 0 Å². The summed E-state index contributed by atoms with van der Waals surface area (Å²) in [7, 11) is 1.73. The van der Waals surface area contributed by atoms with Gasteiger partial charge < -0.3 is 14.8 Å². The van der Waals surface area contributed by atoms with Gasteiger partial charge in [0.25, 0.3) is 0 Å². The van der Waals surface area contributed by atoms with E-state index in [4.69, 9.17) is 9.47 Å². The molecule has 1 heterocycles. The van der Waals surface area contributed by atoms with Gasteiger partial charge in [0.1, 0.15) is 6.61 Å². The van der Waals surface area contributed by atoms with Crippen LogP contribution in [0.1, 0.15) is 61.1 Å². The number of carbonyl (C=O) groups excluding carboxylic acids is 1. The molecular formula is C23H27NO3. The molecule has 0 aromatic heterocycles. The molecule has 142 valence electrons. The molecule has 1 aliphatic heterocycles. The van der Waals surface area contributed by atoms with E-state index in [1.54, 1.807) is 7.11 Å². The second kappa shape index (κ2) is 7.78. The predicted octanol–water partition coefficient (Wildman–Crippen LogP) is 4.19. The van der Waals surface area contributed by atoms with Gasteiger partial charge in [-0.05, 0) is 67.2 Å². The molecule has 0 radical (unpaired) electrons. The van der Waals surface area contributed by atoms with Crippen LogP contribution in [0.25, 0.3) is 6.08 Å². The number of hydrogen-bond acceptors (Lipinski definition) is 3. The smallest absolute Gasteiger partial charge is 0.407 e. The fourth-order valence-electron chi connectivity index (χ4n) is 4.49. The number of cyclic esters (lactones) is 1. The average Bonchev–Trinajstić information content (AvgIpc) is 3.27. The van der Waals surface area contributed by atoms with Gasteiger partial charge in [0.15, 0.2) is 0 Å². The molecule has 1 spiro atoms. The van der Waals surface area contributed by atoms with Crippen LogP contribution in [-0.4, -0.2) is 32.0 Å². The van der Waals surface area contributed by atoms with E-state index in [1.165, 1.54) is 22.3 Å². The molecule has 2 atom stereocenters. The third-order valence-electron chi connectivity index (χ3n) is 5.99. The first kappa shape index (κ1) is 18.1. The first-order chi connectivity index (χ1) is 13.2. The Kier molecular flexibility index (Phi) is 5.22. The zero-order valence-electron chi connectivity index (χ0n) is 16.0. The number of rotatable bonds is 4. The van der Waals surface area contributed by atoms with Crippen LogP contribution in [0.2, 0.25) is 0 Å². The highest BCUT2D eigenvalue weighted by molar-refractivity contribution is 5.71. The van der Waals surface area contributed by atoms with Gasteiger partial charge in [-0.2, -0.15) is 0 Å². The molecule has 1 saturated carbocycles. The fraction of sp³-hybridized carbons (Fsp3) is 0.522. The maximum atomic E-state index is 11.4. The number of fused-ring (bicyclic) bond motifs is 1. The van der Waals surface area contributed by atoms with Gasteiger partial charge in [-0.3, -0.25) is 0 Å². The topological polar surface area (TPSA) is 47.6 Å². The Morgan fingerprint density at radius 3 is 3.11 bits per heavy atom. The second-order valence-corrected chi connectivity index (χ2v) is 7.95. The number of nitrogens with one attached hydrogen (secondary N) is 1. The Bertz CT molecular complexity index is 817. The molecule has 2 fully saturated rings. The molecule has 1 saturated heterocycles. The van der Waals surface area contributed by atoms with Crippen molar-refractivity contribution < 1.29 is 14.3 Å². The maximum absolute atomic E-state index is 11.4. The van der Waals surface area contributed by atoms with Crippen LogP contribution >= 0.6 is 0 Å². The third kappa shape index (κ3) is 4.04. The summed E-state index contributed by atoms with van der Waals surface area (Å²) in [4.78, 5) is 11.4. The molecule has 4 rings (SSSR count). The Morgan fingerprint density at radius 2 is 2.30 bits per heavy atom. The molecule has 1 aromatic carbocycles. The van der Waals surface area contributed by atoms with Crippen molar-refractivity contribution in [1.29, 1.82) is 0 Å². The summed E-state index contributed by atoms with van der Waals surface area (Å²) in [6, 6.07) is 6.87. The van der Waals surface area contributed by atoms with E-state index in [0.29, 0.717) is 12.5 Å². The molecule has 3 aliphatic rings. The largest absolute Gasteiger partial charge is 0.447 e. The van der Waals surface area contributed by atoms with Gasteiger partial charge in [0, 0.05) is 25.7 Å². The monoisotopic (exact) mass is 365 g/mol. The third-order valence-corrected chi connectivity index (χ3v) is 5.99. The minimum atomic E-state index is -0.262. The summed E-state index contributed by atoms with van der Waals surface area (Å²) in [5.41, 5.74) is 5.22. The number of aryl methyl sites for hydroxylation is 1. The summed E-state index contributed by atoms with van der Waals surface area (Å²) in [6.07, 6.45) is 9.03. The van der Waals surface area contributed by atoms with Gasteiger partial charge in [0.05, 0.1) is 5.54 Å². The number of allylic oxidation sites excluding steroid dienone is 1. The van der Waals surface area contributed by atoms with Crippen molar-refractivity contribution in [3.63, 3.8) is 0 Å². The number of carbonyl (C=O) groups is 1. The van der Waals surface area contributed by atoms with Crippen molar-refractivity contribution in [2.45, 2.75) is 56.4 Å². The summed E-state index contributed by atoms with van der Waals surface area (Å²) in [6.45, 7) is 1.29. The highest BCUT2D eigenvalue weighted by atomic mass is 16.6. The number of unbranched alkanes of at least 4 members (excludes halogenated alkanes) is 1. The Morgan fingerprint density at radius 1 is 1.37 bits per heavy atom. The molecule has 1 amide bonds. The quantitative estimate of drug-likeness (QED) is 0.643. The summed E-state index contributed by atoms with van der Waals surface area (Å²) < 4.78 is 10.2. The Balaban J connectivity index is 1.42. The zero-order valence-corrected chi connectivity index (χ0v) is 16.0. The molecule has 1 unspecified atom stereocenters. The SMILES string of the molecule is COCCCC#CC1=Cc2ccc([C@H]3CCC4(COC(=O)N4)C3)cc2CC1. The van der Waals surface area contributed by atoms with Crippen LogP contribution in [0.4, 0.5) is 4.79 Å². The van der Waals surface area contributed by atoms with Crippen molar-refractivity contribution in [3.8, 4) is 11.8 Å². The van der Waals surface area contributed by atoms with E-state index in [1.807, 2.05) is 0 Å². The van der Waals surface area contributed by atoms with E-state index in [9.17, 15) is 4.79 Å². The van der Waals surface area contributed by atoms with Crippen molar-refractivity contribution in [1.82, 2.24) is 5.32 Å². The normalized spacial score (nSPS) is 26.0. The van der Waals surface area contributed by atoms with Gasteiger partial charge >= 0.3 is 6.09 Å². The maximum Gasteiger partial charge on any atom is 0.407 e. The van der Waals surface area contributed by atoms with Crippen molar-refractivity contribution in [3.05, 3.63) is 40.5 Å². The molecule has 0 bridgehead atoms. The van der Waals surface area contributed by atoms with Crippen LogP contribution in [0.15, 0.2) is 23.8 Å². The average molecular weight is 365 g/mol. The number of ether oxygens (including phenoxy) is 2. The van der Waals surface area contributed by atoms with Crippen molar-refractivity contribution >= 4 is 12.2 Å². The van der Waals surface area contributed by atoms with Gasteiger partial charge in [-0.25, -0.2) is 4.79 Å². The molecule has 2 aliphatic carbocycles. The lowest BCUT2D eigenvalue weighted by Gasteiger charge is -2.21. The van der Waals surface area contributed by atoms with E-state index in [-0.39, 0.29) is 11.6 Å². The van der Waals surface area contributed by atoms with Crippen LogP contribution < -0.4 is 5.32 Å². The van der Waals surface area contributed by atoms with Crippen LogP contribution in [0, 0.1) is 11.8 Å². The number of methoxy groups -OCH3 is 1. The molecule has 4 heteroatoms. The van der Waals surface area contributed by atoms with Crippen molar-refractivity contribution in [2.24, 2.45) is 0 Å². The molecule has 27 heavy (non-hydrogen) atoms. The van der Waals surface area contributed by atoms with Crippen LogP contribution in [0.3, 0.4) is 0 Å². The second-order valence-electron chi connectivity index (χ2n) is 7.95. The lowest BCUT2D eigenvalue weighted by atomic mass is 9.87. The molecule has 4 nitrogen and oxygen atoms in total. The predicted molar refractivity (Wildman–Crippen MR) is 105 cm³/mol. The zero-order chi connectivity index (χ0) is 18.7. The molecular weight excluding hydrogens is 338 g/mol. The Hall–Kier alpha value is -2.25. The lowest BCUT2D eigenvalue weighted by Crippen LogP contribution is -2.40. The van der Waals surface area contributed by atoms with Crippen molar-refractivity contribution in [2.75, 3.05) is 20.3 Å².